The number of carbonyl (C=O) groups excluding carboxylic acids is 1. The zero-order chi connectivity index (χ0) is 19.3. The molecular formula is C20H34N2O4. The van der Waals surface area contributed by atoms with Crippen LogP contribution in [-0.2, 0) is 19.0 Å². The maximum absolute atomic E-state index is 11.8. The lowest BCUT2D eigenvalue weighted by atomic mass is 9.70. The van der Waals surface area contributed by atoms with Crippen molar-refractivity contribution in [3.8, 4) is 0 Å². The van der Waals surface area contributed by atoms with E-state index in [-0.39, 0.29) is 18.1 Å². The molecule has 6 heteroatoms. The number of carbonyl (C=O) groups is 1. The molecule has 1 heterocycles. The van der Waals surface area contributed by atoms with Crippen LogP contribution in [-0.4, -0.2) is 50.7 Å². The maximum atomic E-state index is 11.8. The monoisotopic (exact) mass is 366 g/mol. The molecule has 148 valence electrons. The Kier molecular flexibility index (Phi) is 7.47. The molecule has 0 saturated heterocycles. The normalized spacial score (nSPS) is 28.3. The summed E-state index contributed by atoms with van der Waals surface area (Å²) in [5.41, 5.74) is 0. The van der Waals surface area contributed by atoms with Gasteiger partial charge in [-0.15, -0.1) is 0 Å². The highest BCUT2D eigenvalue weighted by Crippen LogP contribution is 2.40. The first-order chi connectivity index (χ1) is 12.3. The predicted octanol–water partition coefficient (Wildman–Crippen LogP) is 3.49. The van der Waals surface area contributed by atoms with Gasteiger partial charge in [0.2, 0.25) is 11.8 Å². The molecule has 0 aromatic heterocycles. The van der Waals surface area contributed by atoms with E-state index in [2.05, 4.69) is 13.8 Å². The fraction of sp³-hybridized carbons (Fsp3) is 0.850. The van der Waals surface area contributed by atoms with E-state index in [4.69, 9.17) is 24.2 Å². The Morgan fingerprint density at radius 2 is 1.69 bits per heavy atom. The molecule has 0 bridgehead atoms. The van der Waals surface area contributed by atoms with Gasteiger partial charge in [0.15, 0.2) is 0 Å². The number of esters is 1. The van der Waals surface area contributed by atoms with Gasteiger partial charge < -0.3 is 14.2 Å². The molecule has 26 heavy (non-hydrogen) atoms. The van der Waals surface area contributed by atoms with E-state index in [1.54, 1.807) is 14.2 Å². The quantitative estimate of drug-likeness (QED) is 0.647. The number of nitrogens with zero attached hydrogens (tertiary/aromatic N) is 2. The van der Waals surface area contributed by atoms with Crippen molar-refractivity contribution in [1.29, 1.82) is 0 Å². The van der Waals surface area contributed by atoms with Gasteiger partial charge >= 0.3 is 5.97 Å². The molecule has 1 fully saturated rings. The van der Waals surface area contributed by atoms with E-state index < -0.39 is 0 Å². The van der Waals surface area contributed by atoms with Gasteiger partial charge in [-0.1, -0.05) is 27.7 Å². The molecular weight excluding hydrogens is 332 g/mol. The molecule has 0 radical (unpaired) electrons. The Morgan fingerprint density at radius 3 is 2.23 bits per heavy atom. The van der Waals surface area contributed by atoms with Gasteiger partial charge in [0.1, 0.15) is 12.1 Å². The van der Waals surface area contributed by atoms with E-state index in [0.717, 1.165) is 19.3 Å². The van der Waals surface area contributed by atoms with Gasteiger partial charge in [0.25, 0.3) is 0 Å². The summed E-state index contributed by atoms with van der Waals surface area (Å²) < 4.78 is 16.2. The molecule has 0 unspecified atom stereocenters. The number of aliphatic imine (C=N–C) groups is 2. The average Bonchev–Trinajstić information content (AvgIpc) is 2.57. The van der Waals surface area contributed by atoms with E-state index in [9.17, 15) is 4.79 Å². The van der Waals surface area contributed by atoms with Crippen LogP contribution in [0, 0.1) is 23.7 Å². The summed E-state index contributed by atoms with van der Waals surface area (Å²) in [6.07, 6.45) is 3.49. The van der Waals surface area contributed by atoms with Gasteiger partial charge in [-0.3, -0.25) is 4.79 Å². The summed E-state index contributed by atoms with van der Waals surface area (Å²) in [5, 5.41) is 0. The van der Waals surface area contributed by atoms with Crippen molar-refractivity contribution in [2.45, 2.75) is 65.5 Å². The third kappa shape index (κ3) is 5.45. The van der Waals surface area contributed by atoms with E-state index >= 15 is 0 Å². The Morgan fingerprint density at radius 1 is 1.04 bits per heavy atom. The Balaban J connectivity index is 1.83. The van der Waals surface area contributed by atoms with Crippen LogP contribution in [0.2, 0.25) is 0 Å². The number of methoxy groups -OCH3 is 2. The molecule has 0 amide bonds. The minimum Gasteiger partial charge on any atom is -0.483 e. The third-order valence-electron chi connectivity index (χ3n) is 5.06. The van der Waals surface area contributed by atoms with E-state index in [0.29, 0.717) is 48.5 Å². The molecule has 0 N–H and O–H groups in total. The summed E-state index contributed by atoms with van der Waals surface area (Å²) in [5.74, 6) is 2.99. The molecule has 0 aromatic rings. The van der Waals surface area contributed by atoms with Crippen LogP contribution in [0.5, 0.6) is 0 Å². The molecule has 0 spiro atoms. The summed E-state index contributed by atoms with van der Waals surface area (Å²) in [4.78, 5) is 21.3. The highest BCUT2D eigenvalue weighted by Gasteiger charge is 2.37. The van der Waals surface area contributed by atoms with Crippen LogP contribution in [0.4, 0.5) is 0 Å². The minimum atomic E-state index is -0.0798. The summed E-state index contributed by atoms with van der Waals surface area (Å²) >= 11 is 0. The highest BCUT2D eigenvalue weighted by atomic mass is 16.5. The highest BCUT2D eigenvalue weighted by molar-refractivity contribution is 5.94. The first-order valence-corrected chi connectivity index (χ1v) is 9.72. The summed E-state index contributed by atoms with van der Waals surface area (Å²) in [6.45, 7) is 8.81. The predicted molar refractivity (Wildman–Crippen MR) is 103 cm³/mol. The first-order valence-electron chi connectivity index (χ1n) is 9.72. The minimum absolute atomic E-state index is 0.0709. The molecule has 1 saturated carbocycles. The molecule has 1 aliphatic heterocycles. The van der Waals surface area contributed by atoms with Crippen LogP contribution < -0.4 is 0 Å². The smallest absolute Gasteiger partial charge is 0.306 e. The van der Waals surface area contributed by atoms with Gasteiger partial charge in [-0.25, -0.2) is 9.98 Å². The van der Waals surface area contributed by atoms with Gasteiger partial charge in [0.05, 0.1) is 20.8 Å². The lowest BCUT2D eigenvalue weighted by molar-refractivity contribution is -0.147. The van der Waals surface area contributed by atoms with E-state index in [1.807, 2.05) is 13.8 Å². The zero-order valence-electron chi connectivity index (χ0n) is 17.0. The van der Waals surface area contributed by atoms with Gasteiger partial charge in [0, 0.05) is 6.42 Å². The van der Waals surface area contributed by atoms with Crippen LogP contribution in [0.3, 0.4) is 0 Å². The van der Waals surface area contributed by atoms with Crippen molar-refractivity contribution >= 4 is 17.8 Å². The topological polar surface area (TPSA) is 69.5 Å². The van der Waals surface area contributed by atoms with Crippen molar-refractivity contribution in [3.05, 3.63) is 0 Å². The molecule has 2 aliphatic rings. The number of hydrogen-bond donors (Lipinski definition) is 0. The summed E-state index contributed by atoms with van der Waals surface area (Å²) in [7, 11) is 3.31. The Labute approximate surface area is 157 Å². The first kappa shape index (κ1) is 20.7. The summed E-state index contributed by atoms with van der Waals surface area (Å²) in [6, 6.07) is -0.153. The van der Waals surface area contributed by atoms with Crippen molar-refractivity contribution in [2.24, 2.45) is 33.7 Å². The SMILES string of the molecule is COC1=N[C@H](C(C)C)C(OC)=N[C@H]1CC1CC(CC(=O)OCC(C)C)C1. The van der Waals surface area contributed by atoms with Crippen molar-refractivity contribution < 1.29 is 19.0 Å². The Bertz CT molecular complexity index is 536. The van der Waals surface area contributed by atoms with Crippen LogP contribution in [0.1, 0.15) is 53.4 Å². The zero-order valence-corrected chi connectivity index (χ0v) is 17.0. The number of ether oxygens (including phenoxy) is 3. The lowest BCUT2D eigenvalue weighted by Crippen LogP contribution is -2.39. The van der Waals surface area contributed by atoms with Crippen molar-refractivity contribution in [1.82, 2.24) is 0 Å². The molecule has 2 atom stereocenters. The second-order valence-electron chi connectivity index (χ2n) is 8.27. The second kappa shape index (κ2) is 9.38. The van der Waals surface area contributed by atoms with Crippen LogP contribution in [0.15, 0.2) is 9.98 Å². The van der Waals surface area contributed by atoms with Crippen molar-refractivity contribution in [3.63, 3.8) is 0 Å². The Hall–Kier alpha value is -1.59. The third-order valence-corrected chi connectivity index (χ3v) is 5.06. The van der Waals surface area contributed by atoms with Crippen molar-refractivity contribution in [2.75, 3.05) is 20.8 Å². The number of rotatable bonds is 7. The standard InChI is InChI=1S/C20H34N2O4/c1-12(2)11-26-17(23)10-15-7-14(8-15)9-16-19(24-5)22-18(13(3)4)20(21-16)25-6/h12-16,18H,7-11H2,1-6H3/t14?,15?,16-,18+/m0/s1. The maximum Gasteiger partial charge on any atom is 0.306 e. The number of hydrogen-bond acceptors (Lipinski definition) is 6. The van der Waals surface area contributed by atoms with Gasteiger partial charge in [-0.05, 0) is 42.9 Å². The lowest BCUT2D eigenvalue weighted by Gasteiger charge is -2.37. The van der Waals surface area contributed by atoms with E-state index in [1.165, 1.54) is 0 Å². The molecule has 6 nitrogen and oxygen atoms in total. The largest absolute Gasteiger partial charge is 0.483 e. The van der Waals surface area contributed by atoms with Gasteiger partial charge in [-0.2, -0.15) is 0 Å². The fourth-order valence-electron chi connectivity index (χ4n) is 3.62. The van der Waals surface area contributed by atoms with Crippen LogP contribution in [0.25, 0.3) is 0 Å². The second-order valence-corrected chi connectivity index (χ2v) is 8.27. The van der Waals surface area contributed by atoms with Crippen LogP contribution >= 0.6 is 0 Å². The average molecular weight is 367 g/mol. The molecule has 2 rings (SSSR count). The molecule has 1 aliphatic carbocycles. The fourth-order valence-corrected chi connectivity index (χ4v) is 3.62. The molecule has 0 aromatic carbocycles.